The Bertz CT molecular complexity index is 2150. The molecule has 5 heterocycles. The maximum absolute atomic E-state index is 13.8. The van der Waals surface area contributed by atoms with Crippen LogP contribution < -0.4 is 5.32 Å². The van der Waals surface area contributed by atoms with E-state index in [9.17, 15) is 19.5 Å². The highest BCUT2D eigenvalue weighted by atomic mass is 35.5. The van der Waals surface area contributed by atoms with Crippen molar-refractivity contribution < 1.29 is 24.2 Å². The lowest BCUT2D eigenvalue weighted by Crippen LogP contribution is -2.42. The van der Waals surface area contributed by atoms with Crippen molar-refractivity contribution in [2.24, 2.45) is 25.9 Å². The van der Waals surface area contributed by atoms with Crippen molar-refractivity contribution in [2.75, 3.05) is 38.2 Å². The van der Waals surface area contributed by atoms with Gasteiger partial charge in [-0.05, 0) is 56.1 Å². The Labute approximate surface area is 337 Å². The number of nitrogens with zero attached hydrogens (tertiary/aromatic N) is 6. The highest BCUT2D eigenvalue weighted by Crippen LogP contribution is 2.39. The molecule has 8 rings (SSSR count). The van der Waals surface area contributed by atoms with E-state index < -0.39 is 5.97 Å². The Kier molecular flexibility index (Phi) is 11.4. The number of hydrogen-bond donors (Lipinski definition) is 2. The van der Waals surface area contributed by atoms with E-state index in [2.05, 4.69) is 15.1 Å². The average molecular weight is 803 g/mol. The Morgan fingerprint density at radius 2 is 1.46 bits per heavy atom. The van der Waals surface area contributed by atoms with E-state index in [0.717, 1.165) is 114 Å². The third-order valence-corrected chi connectivity index (χ3v) is 13.3. The summed E-state index contributed by atoms with van der Waals surface area (Å²) in [5, 5.41) is 13.1. The van der Waals surface area contributed by atoms with Crippen LogP contribution in [0.2, 0.25) is 10.0 Å². The van der Waals surface area contributed by atoms with Gasteiger partial charge in [-0.1, -0.05) is 53.5 Å². The molecule has 0 radical (unpaired) electrons. The van der Waals surface area contributed by atoms with Crippen molar-refractivity contribution in [1.29, 1.82) is 0 Å². The van der Waals surface area contributed by atoms with Crippen LogP contribution in [0.25, 0.3) is 11.1 Å². The maximum atomic E-state index is 13.8. The van der Waals surface area contributed by atoms with Crippen molar-refractivity contribution in [3.8, 4) is 11.1 Å². The van der Waals surface area contributed by atoms with Gasteiger partial charge in [0, 0.05) is 108 Å². The number of ketones is 1. The number of rotatable bonds is 10. The van der Waals surface area contributed by atoms with Crippen LogP contribution in [0.1, 0.15) is 88.1 Å². The van der Waals surface area contributed by atoms with Gasteiger partial charge >= 0.3 is 5.97 Å². The number of carboxylic acid groups (broad SMARTS) is 1. The summed E-state index contributed by atoms with van der Waals surface area (Å²) in [4.78, 5) is 53.4. The SMILES string of the molecule is Cn1c(C(=O)Cc2cccc(-c3cccc(NC(=O)c4nc5c(n4C)CCN(CC4CCC(C(=O)O)CC4)C5)c3Cl)c2Cl)nc2c1CCN(C1CCOCC1)C2. The highest BCUT2D eigenvalue weighted by molar-refractivity contribution is 6.39. The van der Waals surface area contributed by atoms with E-state index in [1.807, 2.05) is 53.6 Å². The molecule has 1 aliphatic carbocycles. The molecule has 0 bridgehead atoms. The van der Waals surface area contributed by atoms with E-state index in [1.165, 1.54) is 0 Å². The molecule has 56 heavy (non-hydrogen) atoms. The van der Waals surface area contributed by atoms with Gasteiger partial charge in [-0.3, -0.25) is 24.2 Å². The number of nitrogens with one attached hydrogen (secondary N) is 1. The summed E-state index contributed by atoms with van der Waals surface area (Å²) in [5.74, 6) is -0.142. The maximum Gasteiger partial charge on any atom is 0.306 e. The van der Waals surface area contributed by atoms with Crippen molar-refractivity contribution in [2.45, 2.75) is 76.9 Å². The minimum atomic E-state index is -0.683. The largest absolute Gasteiger partial charge is 0.481 e. The standard InChI is InChI=1S/C42H49Cl2N7O5/c1-48-35-14-18-51(28-15-19-56-20-16-28)24-33(35)45-39(48)36(52)21-27-5-3-6-29(37(27)43)30-7-4-8-31(38(30)44)47-41(53)40-46-32-23-50(17-13-34(32)49(40)2)22-25-9-11-26(12-10-25)42(54)55/h3-8,25-26,28H,9-24H2,1-2H3,(H,47,53)(H,54,55). The smallest absolute Gasteiger partial charge is 0.306 e. The van der Waals surface area contributed by atoms with Crippen LogP contribution in [-0.2, 0) is 56.0 Å². The number of hydrogen-bond acceptors (Lipinski definition) is 8. The van der Waals surface area contributed by atoms with Crippen LogP contribution in [0.3, 0.4) is 0 Å². The second-order valence-corrected chi connectivity index (χ2v) is 16.6. The van der Waals surface area contributed by atoms with E-state index in [1.54, 1.807) is 6.07 Å². The first kappa shape index (κ1) is 38.8. The van der Waals surface area contributed by atoms with E-state index in [0.29, 0.717) is 62.6 Å². The third kappa shape index (κ3) is 7.78. The molecule has 296 valence electrons. The summed E-state index contributed by atoms with van der Waals surface area (Å²) in [7, 11) is 3.80. The third-order valence-electron chi connectivity index (χ3n) is 12.5. The Morgan fingerprint density at radius 3 is 2.20 bits per heavy atom. The fraction of sp³-hybridized carbons (Fsp3) is 0.500. The molecule has 2 fully saturated rings. The van der Waals surface area contributed by atoms with Gasteiger partial charge < -0.3 is 24.3 Å². The number of benzene rings is 2. The Hall–Kier alpha value is -4.07. The predicted molar refractivity (Wildman–Crippen MR) is 214 cm³/mol. The number of aliphatic carboxylic acids is 1. The van der Waals surface area contributed by atoms with Gasteiger partial charge in [-0.15, -0.1) is 0 Å². The summed E-state index contributed by atoms with van der Waals surface area (Å²) >= 11 is 14.0. The molecule has 12 nitrogen and oxygen atoms in total. The molecule has 3 aliphatic heterocycles. The zero-order valence-corrected chi connectivity index (χ0v) is 33.5. The minimum Gasteiger partial charge on any atom is -0.481 e. The summed E-state index contributed by atoms with van der Waals surface area (Å²) < 4.78 is 9.38. The summed E-state index contributed by atoms with van der Waals surface area (Å²) in [5.41, 5.74) is 6.42. The molecule has 2 aromatic heterocycles. The van der Waals surface area contributed by atoms with Crippen molar-refractivity contribution in [3.63, 3.8) is 0 Å². The lowest BCUT2D eigenvalue weighted by molar-refractivity contribution is -0.143. The minimum absolute atomic E-state index is 0.0846. The molecule has 2 N–H and O–H groups in total. The molecule has 0 spiro atoms. The molecule has 1 amide bonds. The molecule has 0 atom stereocenters. The first-order valence-corrected chi connectivity index (χ1v) is 20.6. The molecule has 1 saturated heterocycles. The molecular formula is C42H49Cl2N7O5. The zero-order chi connectivity index (χ0) is 39.1. The molecule has 14 heteroatoms. The van der Waals surface area contributed by atoms with E-state index in [4.69, 9.17) is 37.9 Å². The monoisotopic (exact) mass is 801 g/mol. The summed E-state index contributed by atoms with van der Waals surface area (Å²) in [6.45, 7) is 5.69. The Balaban J connectivity index is 0.937. The predicted octanol–water partition coefficient (Wildman–Crippen LogP) is 6.59. The number of carbonyl (C=O) groups excluding carboxylic acids is 2. The second-order valence-electron chi connectivity index (χ2n) is 15.9. The molecule has 1 saturated carbocycles. The molecule has 2 aromatic carbocycles. The number of anilines is 1. The number of halogens is 2. The van der Waals surface area contributed by atoms with Gasteiger partial charge in [-0.25, -0.2) is 9.97 Å². The topological polar surface area (TPSA) is 135 Å². The molecule has 4 aliphatic rings. The average Bonchev–Trinajstić information content (AvgIpc) is 3.72. The van der Waals surface area contributed by atoms with Gasteiger partial charge in [-0.2, -0.15) is 0 Å². The fourth-order valence-corrected chi connectivity index (χ4v) is 9.82. The van der Waals surface area contributed by atoms with Crippen LogP contribution in [0.15, 0.2) is 36.4 Å². The van der Waals surface area contributed by atoms with Crippen molar-refractivity contribution >= 4 is 46.5 Å². The van der Waals surface area contributed by atoms with Crippen LogP contribution in [-0.4, -0.2) is 90.6 Å². The lowest BCUT2D eigenvalue weighted by atomic mass is 9.81. The zero-order valence-electron chi connectivity index (χ0n) is 32.0. The van der Waals surface area contributed by atoms with Gasteiger partial charge in [0.15, 0.2) is 11.6 Å². The molecular weight excluding hydrogens is 753 g/mol. The van der Waals surface area contributed by atoms with Gasteiger partial charge in [0.1, 0.15) is 0 Å². The number of Topliss-reactive ketones (excluding diaryl/α,β-unsaturated/α-hetero) is 1. The van der Waals surface area contributed by atoms with Gasteiger partial charge in [0.05, 0.1) is 33.0 Å². The van der Waals surface area contributed by atoms with Crippen LogP contribution >= 0.6 is 23.2 Å². The molecule has 0 unspecified atom stereocenters. The number of carboxylic acids is 1. The van der Waals surface area contributed by atoms with E-state index >= 15 is 0 Å². The fourth-order valence-electron chi connectivity index (χ4n) is 9.25. The lowest BCUT2D eigenvalue weighted by Gasteiger charge is -2.36. The van der Waals surface area contributed by atoms with Crippen molar-refractivity contribution in [1.82, 2.24) is 28.9 Å². The van der Waals surface area contributed by atoms with Crippen LogP contribution in [0.4, 0.5) is 5.69 Å². The number of imidazole rings is 2. The normalized spacial score (nSPS) is 20.7. The quantitative estimate of drug-likeness (QED) is 0.170. The number of ether oxygens (including phenoxy) is 1. The first-order chi connectivity index (χ1) is 27.0. The summed E-state index contributed by atoms with van der Waals surface area (Å²) in [6, 6.07) is 11.5. The number of carbonyl (C=O) groups is 3. The number of fused-ring (bicyclic) bond motifs is 2. The van der Waals surface area contributed by atoms with Crippen LogP contribution in [0.5, 0.6) is 0 Å². The highest BCUT2D eigenvalue weighted by Gasteiger charge is 2.32. The number of aromatic nitrogens is 4. The summed E-state index contributed by atoms with van der Waals surface area (Å²) in [6.07, 6.45) is 7.08. The Morgan fingerprint density at radius 1 is 0.821 bits per heavy atom. The van der Waals surface area contributed by atoms with Gasteiger partial charge in [0.2, 0.25) is 5.78 Å². The molecule has 4 aromatic rings. The second kappa shape index (κ2) is 16.4. The van der Waals surface area contributed by atoms with Crippen molar-refractivity contribution in [3.05, 3.63) is 86.4 Å². The number of amides is 1. The van der Waals surface area contributed by atoms with E-state index in [-0.39, 0.29) is 24.0 Å². The first-order valence-electron chi connectivity index (χ1n) is 19.8. The van der Waals surface area contributed by atoms with Crippen LogP contribution in [0, 0.1) is 11.8 Å². The van der Waals surface area contributed by atoms with Gasteiger partial charge in [0.25, 0.3) is 5.91 Å².